The Morgan fingerprint density at radius 1 is 0.290 bits per heavy atom. The number of hydrogen-bond acceptors (Lipinski definition) is 6. The Bertz CT molecular complexity index is 1160. The molecule has 0 aliphatic rings. The molecular weight excluding hydrogens is 853 g/mol. The number of esters is 3. The Labute approximate surface area is 429 Å². The lowest BCUT2D eigenvalue weighted by molar-refractivity contribution is -0.167. The van der Waals surface area contributed by atoms with E-state index in [-0.39, 0.29) is 31.1 Å². The van der Waals surface area contributed by atoms with Crippen molar-refractivity contribution in [3.63, 3.8) is 0 Å². The second-order valence-electron chi connectivity index (χ2n) is 20.6. The maximum atomic E-state index is 12.9. The van der Waals surface area contributed by atoms with Crippen LogP contribution < -0.4 is 0 Å². The van der Waals surface area contributed by atoms with Crippen molar-refractivity contribution in [2.24, 2.45) is 0 Å². The maximum Gasteiger partial charge on any atom is 0.306 e. The molecule has 0 radical (unpaired) electrons. The molecule has 0 aromatic heterocycles. The first kappa shape index (κ1) is 66.6. The highest BCUT2D eigenvalue weighted by molar-refractivity contribution is 5.71. The molecule has 0 saturated carbocycles. The smallest absolute Gasteiger partial charge is 0.306 e. The Morgan fingerprint density at radius 3 is 0.812 bits per heavy atom. The first-order chi connectivity index (χ1) is 34.0. The zero-order valence-electron chi connectivity index (χ0n) is 46.3. The highest BCUT2D eigenvalue weighted by atomic mass is 16.6. The van der Waals surface area contributed by atoms with Crippen LogP contribution in [0.2, 0.25) is 0 Å². The number of ether oxygens (including phenoxy) is 3. The summed E-state index contributed by atoms with van der Waals surface area (Å²) in [5.74, 6) is -0.866. The summed E-state index contributed by atoms with van der Waals surface area (Å²) in [5, 5.41) is 0. The number of carbonyl (C=O) groups excluding carboxylic acids is 3. The average molecular weight is 970 g/mol. The van der Waals surface area contributed by atoms with Crippen LogP contribution in [-0.4, -0.2) is 37.2 Å². The predicted octanol–water partition coefficient (Wildman–Crippen LogP) is 20.4. The molecule has 0 bridgehead atoms. The van der Waals surface area contributed by atoms with Crippen LogP contribution in [0.4, 0.5) is 0 Å². The molecule has 6 heteroatoms. The molecule has 1 atom stereocenters. The van der Waals surface area contributed by atoms with Crippen molar-refractivity contribution in [1.29, 1.82) is 0 Å². The van der Waals surface area contributed by atoms with Gasteiger partial charge in [-0.25, -0.2) is 0 Å². The quantitative estimate of drug-likeness (QED) is 0.0261. The van der Waals surface area contributed by atoms with Crippen molar-refractivity contribution in [2.75, 3.05) is 13.2 Å². The molecule has 0 amide bonds. The first-order valence-electron chi connectivity index (χ1n) is 30.5. The zero-order valence-corrected chi connectivity index (χ0v) is 46.3. The summed E-state index contributed by atoms with van der Waals surface area (Å²) < 4.78 is 16.9. The van der Waals surface area contributed by atoms with E-state index in [0.717, 1.165) is 70.6 Å². The van der Waals surface area contributed by atoms with Crippen molar-refractivity contribution in [2.45, 2.75) is 335 Å². The van der Waals surface area contributed by atoms with Gasteiger partial charge in [-0.15, -0.1) is 0 Å². The van der Waals surface area contributed by atoms with Crippen LogP contribution >= 0.6 is 0 Å². The number of unbranched alkanes of at least 4 members (excludes halogenated alkanes) is 39. The third-order valence-electron chi connectivity index (χ3n) is 13.6. The molecule has 404 valence electrons. The largest absolute Gasteiger partial charge is 0.462 e. The van der Waals surface area contributed by atoms with Crippen molar-refractivity contribution in [1.82, 2.24) is 0 Å². The monoisotopic (exact) mass is 969 g/mol. The van der Waals surface area contributed by atoms with Crippen LogP contribution in [-0.2, 0) is 28.6 Å². The van der Waals surface area contributed by atoms with Gasteiger partial charge >= 0.3 is 17.9 Å². The second-order valence-corrected chi connectivity index (χ2v) is 20.6. The number of hydrogen-bond donors (Lipinski definition) is 0. The van der Waals surface area contributed by atoms with Crippen LogP contribution in [0.3, 0.4) is 0 Å². The average Bonchev–Trinajstić information content (AvgIpc) is 3.35. The van der Waals surface area contributed by atoms with Gasteiger partial charge in [-0.05, 0) is 77.0 Å². The summed E-state index contributed by atoms with van der Waals surface area (Å²) in [5.41, 5.74) is 0. The van der Waals surface area contributed by atoms with Gasteiger partial charge in [-0.1, -0.05) is 269 Å². The minimum Gasteiger partial charge on any atom is -0.462 e. The zero-order chi connectivity index (χ0) is 50.0. The van der Waals surface area contributed by atoms with E-state index in [1.807, 2.05) is 0 Å². The normalized spacial score (nSPS) is 12.2. The van der Waals surface area contributed by atoms with Crippen molar-refractivity contribution in [3.8, 4) is 0 Å². The van der Waals surface area contributed by atoms with E-state index < -0.39 is 6.10 Å². The van der Waals surface area contributed by atoms with Gasteiger partial charge in [0.2, 0.25) is 0 Å². The minimum atomic E-state index is -0.775. The standard InChI is InChI=1S/C63H116O6/c1-4-7-10-13-16-19-22-25-28-30-31-32-33-34-36-38-41-44-47-50-53-56-62(65)68-59-60(58-67-61(64)55-52-49-46-43-40-37-27-24-21-18-15-12-9-6-3)69-63(66)57-54-51-48-45-42-39-35-29-26-23-20-17-14-11-8-5-2/h22,25,29-31,35,60H,4-21,23-24,26-28,32-34,36-59H2,1-3H3/b25-22-,31-30-,35-29-. The first-order valence-corrected chi connectivity index (χ1v) is 30.5. The fourth-order valence-electron chi connectivity index (χ4n) is 9.00. The van der Waals surface area contributed by atoms with Crippen molar-refractivity contribution in [3.05, 3.63) is 36.5 Å². The lowest BCUT2D eigenvalue weighted by Crippen LogP contribution is -2.30. The van der Waals surface area contributed by atoms with Crippen LogP contribution in [0, 0.1) is 0 Å². The van der Waals surface area contributed by atoms with Crippen LogP contribution in [0.5, 0.6) is 0 Å². The summed E-state index contributed by atoms with van der Waals surface area (Å²) in [4.78, 5) is 38.2. The van der Waals surface area contributed by atoms with Crippen LogP contribution in [0.15, 0.2) is 36.5 Å². The SMILES string of the molecule is CCCCCCC/C=C\C/C=C\CCCCCCCCCCCC(=O)OCC(COC(=O)CCCCCCCCCCCCCCCC)OC(=O)CCCCCCC/C=C\CCCCCCCCC. The summed E-state index contributed by atoms with van der Waals surface area (Å²) in [6, 6.07) is 0. The highest BCUT2D eigenvalue weighted by Crippen LogP contribution is 2.16. The number of allylic oxidation sites excluding steroid dienone is 6. The molecule has 0 saturated heterocycles. The number of carbonyl (C=O) groups is 3. The molecule has 0 spiro atoms. The molecule has 6 nitrogen and oxygen atoms in total. The molecule has 0 aromatic carbocycles. The predicted molar refractivity (Wildman–Crippen MR) is 298 cm³/mol. The molecule has 0 aliphatic heterocycles. The van der Waals surface area contributed by atoms with Gasteiger partial charge in [-0.2, -0.15) is 0 Å². The van der Waals surface area contributed by atoms with E-state index in [1.165, 1.54) is 218 Å². The fourth-order valence-corrected chi connectivity index (χ4v) is 9.00. The molecule has 0 aliphatic carbocycles. The Hall–Kier alpha value is -2.37. The Morgan fingerprint density at radius 2 is 0.522 bits per heavy atom. The summed E-state index contributed by atoms with van der Waals surface area (Å²) in [6.07, 6.45) is 69.9. The molecule has 0 rings (SSSR count). The molecule has 1 unspecified atom stereocenters. The van der Waals surface area contributed by atoms with Crippen molar-refractivity contribution < 1.29 is 28.6 Å². The highest BCUT2D eigenvalue weighted by Gasteiger charge is 2.19. The summed E-state index contributed by atoms with van der Waals surface area (Å²) in [7, 11) is 0. The fraction of sp³-hybridized carbons (Fsp3) is 0.857. The van der Waals surface area contributed by atoms with Gasteiger partial charge in [0.1, 0.15) is 13.2 Å². The van der Waals surface area contributed by atoms with Crippen LogP contribution in [0.25, 0.3) is 0 Å². The Kier molecular flexibility index (Phi) is 56.2. The van der Waals surface area contributed by atoms with E-state index in [0.29, 0.717) is 19.3 Å². The van der Waals surface area contributed by atoms with E-state index in [9.17, 15) is 14.4 Å². The number of rotatable bonds is 56. The molecule has 69 heavy (non-hydrogen) atoms. The third kappa shape index (κ3) is 56.4. The summed E-state index contributed by atoms with van der Waals surface area (Å²) in [6.45, 7) is 6.66. The minimum absolute atomic E-state index is 0.0728. The topological polar surface area (TPSA) is 78.9 Å². The summed E-state index contributed by atoms with van der Waals surface area (Å²) >= 11 is 0. The van der Waals surface area contributed by atoms with Gasteiger partial charge in [0.15, 0.2) is 6.10 Å². The van der Waals surface area contributed by atoms with E-state index >= 15 is 0 Å². The molecule has 0 aromatic rings. The van der Waals surface area contributed by atoms with Gasteiger partial charge in [0.05, 0.1) is 0 Å². The molecule has 0 heterocycles. The lowest BCUT2D eigenvalue weighted by Gasteiger charge is -2.18. The van der Waals surface area contributed by atoms with E-state index in [4.69, 9.17) is 14.2 Å². The van der Waals surface area contributed by atoms with E-state index in [1.54, 1.807) is 0 Å². The Balaban J connectivity index is 4.33. The third-order valence-corrected chi connectivity index (χ3v) is 13.6. The molecule has 0 fully saturated rings. The van der Waals surface area contributed by atoms with Gasteiger partial charge in [0, 0.05) is 19.3 Å². The molecular formula is C63H116O6. The van der Waals surface area contributed by atoms with Gasteiger partial charge < -0.3 is 14.2 Å². The van der Waals surface area contributed by atoms with Crippen molar-refractivity contribution >= 4 is 17.9 Å². The van der Waals surface area contributed by atoms with E-state index in [2.05, 4.69) is 57.2 Å². The second kappa shape index (κ2) is 58.2. The lowest BCUT2D eigenvalue weighted by atomic mass is 10.0. The van der Waals surface area contributed by atoms with Gasteiger partial charge in [0.25, 0.3) is 0 Å². The molecule has 0 N–H and O–H groups in total. The maximum absolute atomic E-state index is 12.9. The van der Waals surface area contributed by atoms with Crippen LogP contribution in [0.1, 0.15) is 329 Å². The van der Waals surface area contributed by atoms with Gasteiger partial charge in [-0.3, -0.25) is 14.4 Å².